The zero-order valence-electron chi connectivity index (χ0n) is 11.4. The van der Waals surface area contributed by atoms with E-state index in [9.17, 15) is 8.42 Å². The second-order valence-electron chi connectivity index (χ2n) is 4.51. The van der Waals surface area contributed by atoms with Gasteiger partial charge in [0, 0.05) is 31.6 Å². The number of hydrogen-bond acceptors (Lipinski definition) is 4. The van der Waals surface area contributed by atoms with E-state index in [-0.39, 0.29) is 17.9 Å². The standard InChI is InChI=1S/C14H15N3O2S/c1-11-6-7-13(12-5-3-9-16-14(11)12)20(18,19)17(2)10-4-8-15/h3,5-7,9H,4,10H2,1-2H3. The highest BCUT2D eigenvalue weighted by Crippen LogP contribution is 2.26. The first-order valence-corrected chi connectivity index (χ1v) is 7.60. The predicted octanol–water partition coefficient (Wildman–Crippen LogP) is 2.08. The highest BCUT2D eigenvalue weighted by atomic mass is 32.2. The number of nitrogens with zero attached hydrogens (tertiary/aromatic N) is 3. The number of rotatable bonds is 4. The summed E-state index contributed by atoms with van der Waals surface area (Å²) in [6, 6.07) is 8.76. The molecule has 20 heavy (non-hydrogen) atoms. The van der Waals surface area contributed by atoms with Gasteiger partial charge in [-0.05, 0) is 30.7 Å². The van der Waals surface area contributed by atoms with Crippen molar-refractivity contribution in [3.8, 4) is 6.07 Å². The first-order valence-electron chi connectivity index (χ1n) is 6.16. The van der Waals surface area contributed by atoms with Gasteiger partial charge in [0.1, 0.15) is 0 Å². The summed E-state index contributed by atoms with van der Waals surface area (Å²) in [5.41, 5.74) is 1.61. The molecular weight excluding hydrogens is 274 g/mol. The molecule has 5 nitrogen and oxygen atoms in total. The summed E-state index contributed by atoms with van der Waals surface area (Å²) in [5.74, 6) is 0. The molecule has 0 N–H and O–H groups in total. The Bertz CT molecular complexity index is 779. The van der Waals surface area contributed by atoms with E-state index in [2.05, 4.69) is 4.98 Å². The SMILES string of the molecule is Cc1ccc(S(=O)(=O)N(C)CCC#N)c2cccnc12. The van der Waals surface area contributed by atoms with Crippen LogP contribution in [0.5, 0.6) is 0 Å². The van der Waals surface area contributed by atoms with Crippen LogP contribution in [-0.2, 0) is 10.0 Å². The maximum absolute atomic E-state index is 12.6. The second-order valence-corrected chi connectivity index (χ2v) is 6.53. The van der Waals surface area contributed by atoms with Gasteiger partial charge in [0.05, 0.1) is 16.5 Å². The van der Waals surface area contributed by atoms with E-state index in [0.717, 1.165) is 5.56 Å². The van der Waals surface area contributed by atoms with Crippen LogP contribution >= 0.6 is 0 Å². The van der Waals surface area contributed by atoms with Crippen LogP contribution in [0.25, 0.3) is 10.9 Å². The van der Waals surface area contributed by atoms with Crippen molar-refractivity contribution in [1.29, 1.82) is 5.26 Å². The van der Waals surface area contributed by atoms with Gasteiger partial charge >= 0.3 is 0 Å². The molecule has 0 amide bonds. The van der Waals surface area contributed by atoms with Crippen molar-refractivity contribution in [2.45, 2.75) is 18.2 Å². The first kappa shape index (κ1) is 14.4. The molecule has 1 aromatic carbocycles. The van der Waals surface area contributed by atoms with Crippen molar-refractivity contribution >= 4 is 20.9 Å². The maximum atomic E-state index is 12.6. The van der Waals surface area contributed by atoms with Crippen molar-refractivity contribution in [3.05, 3.63) is 36.0 Å². The minimum Gasteiger partial charge on any atom is -0.256 e. The fraction of sp³-hybridized carbons (Fsp3) is 0.286. The predicted molar refractivity (Wildman–Crippen MR) is 76.5 cm³/mol. The summed E-state index contributed by atoms with van der Waals surface area (Å²) in [7, 11) is -2.13. The minimum absolute atomic E-state index is 0.164. The van der Waals surface area contributed by atoms with Gasteiger partial charge in [0.2, 0.25) is 10.0 Å². The van der Waals surface area contributed by atoms with Crippen LogP contribution in [0.15, 0.2) is 35.4 Å². The molecule has 0 aliphatic carbocycles. The number of benzene rings is 1. The quantitative estimate of drug-likeness (QED) is 0.863. The molecule has 0 bridgehead atoms. The fourth-order valence-corrected chi connectivity index (χ4v) is 3.36. The number of hydrogen-bond donors (Lipinski definition) is 0. The third-order valence-corrected chi connectivity index (χ3v) is 5.07. The number of fused-ring (bicyclic) bond motifs is 1. The zero-order chi connectivity index (χ0) is 14.8. The molecular formula is C14H15N3O2S. The largest absolute Gasteiger partial charge is 0.256 e. The molecule has 6 heteroatoms. The molecule has 2 aromatic rings. The summed E-state index contributed by atoms with van der Waals surface area (Å²) < 4.78 is 26.3. The highest BCUT2D eigenvalue weighted by Gasteiger charge is 2.23. The van der Waals surface area contributed by atoms with Crippen LogP contribution in [0.3, 0.4) is 0 Å². The lowest BCUT2D eigenvalue weighted by atomic mass is 10.1. The molecule has 0 saturated heterocycles. The van der Waals surface area contributed by atoms with E-state index in [4.69, 9.17) is 5.26 Å². The van der Waals surface area contributed by atoms with Gasteiger partial charge in [-0.15, -0.1) is 0 Å². The van der Waals surface area contributed by atoms with E-state index in [1.807, 2.05) is 13.0 Å². The maximum Gasteiger partial charge on any atom is 0.243 e. The van der Waals surface area contributed by atoms with E-state index in [0.29, 0.717) is 10.9 Å². The highest BCUT2D eigenvalue weighted by molar-refractivity contribution is 7.89. The first-order chi connectivity index (χ1) is 9.48. The Labute approximate surface area is 118 Å². The molecule has 0 fully saturated rings. The topological polar surface area (TPSA) is 74.1 Å². The molecule has 0 aliphatic heterocycles. The van der Waals surface area contributed by atoms with E-state index >= 15 is 0 Å². The van der Waals surface area contributed by atoms with E-state index < -0.39 is 10.0 Å². The average molecular weight is 289 g/mol. The molecule has 2 rings (SSSR count). The van der Waals surface area contributed by atoms with Crippen LogP contribution in [-0.4, -0.2) is 31.3 Å². The summed E-state index contributed by atoms with van der Waals surface area (Å²) in [4.78, 5) is 4.47. The van der Waals surface area contributed by atoms with Gasteiger partial charge in [-0.3, -0.25) is 4.98 Å². The number of aromatic nitrogens is 1. The van der Waals surface area contributed by atoms with Crippen LogP contribution in [0.2, 0.25) is 0 Å². The van der Waals surface area contributed by atoms with Crippen LogP contribution in [0.1, 0.15) is 12.0 Å². The zero-order valence-corrected chi connectivity index (χ0v) is 12.2. The summed E-state index contributed by atoms with van der Waals surface area (Å²) in [6.45, 7) is 2.07. The van der Waals surface area contributed by atoms with Crippen molar-refractivity contribution in [1.82, 2.24) is 9.29 Å². The molecule has 1 aromatic heterocycles. The van der Waals surface area contributed by atoms with Crippen LogP contribution in [0.4, 0.5) is 0 Å². The molecule has 0 aliphatic rings. The Hall–Kier alpha value is -1.97. The van der Waals surface area contributed by atoms with Crippen molar-refractivity contribution < 1.29 is 8.42 Å². The molecule has 0 saturated carbocycles. The smallest absolute Gasteiger partial charge is 0.243 e. The molecule has 0 unspecified atom stereocenters. The third-order valence-electron chi connectivity index (χ3n) is 3.16. The summed E-state index contributed by atoms with van der Waals surface area (Å²) in [5, 5.41) is 9.19. The van der Waals surface area contributed by atoms with Gasteiger partial charge < -0.3 is 0 Å². The van der Waals surface area contributed by atoms with Gasteiger partial charge in [-0.1, -0.05) is 6.07 Å². The Morgan fingerprint density at radius 3 is 2.80 bits per heavy atom. The Kier molecular flexibility index (Phi) is 4.02. The van der Waals surface area contributed by atoms with Gasteiger partial charge in [-0.25, -0.2) is 8.42 Å². The number of pyridine rings is 1. The minimum atomic E-state index is -3.61. The molecule has 0 radical (unpaired) electrons. The average Bonchev–Trinajstić information content (AvgIpc) is 2.45. The Morgan fingerprint density at radius 2 is 2.10 bits per heavy atom. The third kappa shape index (κ3) is 2.50. The van der Waals surface area contributed by atoms with E-state index in [1.165, 1.54) is 11.4 Å². The van der Waals surface area contributed by atoms with Crippen molar-refractivity contribution in [2.24, 2.45) is 0 Å². The molecule has 0 atom stereocenters. The number of aryl methyl sites for hydroxylation is 1. The van der Waals surface area contributed by atoms with Gasteiger partial charge in [0.25, 0.3) is 0 Å². The Balaban J connectivity index is 2.59. The lowest BCUT2D eigenvalue weighted by Crippen LogP contribution is -2.28. The normalized spacial score (nSPS) is 11.7. The second kappa shape index (κ2) is 5.57. The van der Waals surface area contributed by atoms with Crippen LogP contribution < -0.4 is 0 Å². The van der Waals surface area contributed by atoms with Crippen molar-refractivity contribution in [3.63, 3.8) is 0 Å². The summed E-state index contributed by atoms with van der Waals surface area (Å²) in [6.07, 6.45) is 1.81. The number of nitriles is 1. The monoisotopic (exact) mass is 289 g/mol. The van der Waals surface area contributed by atoms with Crippen molar-refractivity contribution in [2.75, 3.05) is 13.6 Å². The van der Waals surface area contributed by atoms with Gasteiger partial charge in [0.15, 0.2) is 0 Å². The molecule has 104 valence electrons. The van der Waals surface area contributed by atoms with E-state index in [1.54, 1.807) is 30.5 Å². The number of sulfonamides is 1. The fourth-order valence-electron chi connectivity index (χ4n) is 2.01. The molecule has 0 spiro atoms. The summed E-state index contributed by atoms with van der Waals surface area (Å²) >= 11 is 0. The van der Waals surface area contributed by atoms with Gasteiger partial charge in [-0.2, -0.15) is 9.57 Å². The molecule has 1 heterocycles. The Morgan fingerprint density at radius 1 is 1.35 bits per heavy atom. The lowest BCUT2D eigenvalue weighted by Gasteiger charge is -2.17. The lowest BCUT2D eigenvalue weighted by molar-refractivity contribution is 0.477. The van der Waals surface area contributed by atoms with Crippen LogP contribution in [0, 0.1) is 18.3 Å².